The van der Waals surface area contributed by atoms with Crippen molar-refractivity contribution in [1.82, 2.24) is 4.98 Å². The maximum Gasteiger partial charge on any atom is 0.192 e. The lowest BCUT2D eigenvalue weighted by molar-refractivity contribution is 0.513. The molecule has 0 unspecified atom stereocenters. The second-order valence-electron chi connectivity index (χ2n) is 3.02. The fraction of sp³-hybridized carbons (Fsp3) is 0.0833. The molecule has 0 radical (unpaired) electrons. The monoisotopic (exact) mass is 185 g/mol. The van der Waals surface area contributed by atoms with Crippen LogP contribution in [0.4, 0.5) is 0 Å². The van der Waals surface area contributed by atoms with Gasteiger partial charge in [0.15, 0.2) is 11.7 Å². The third kappa shape index (κ3) is 1.46. The molecule has 0 amide bonds. The Morgan fingerprint density at radius 1 is 1.29 bits per heavy atom. The summed E-state index contributed by atoms with van der Waals surface area (Å²) >= 11 is 0. The third-order valence-corrected chi connectivity index (χ3v) is 1.99. The maximum atomic E-state index is 5.39. The first-order valence-corrected chi connectivity index (χ1v) is 4.46. The van der Waals surface area contributed by atoms with Gasteiger partial charge in [-0.25, -0.2) is 4.98 Å². The normalized spacial score (nSPS) is 10.1. The highest BCUT2D eigenvalue weighted by Gasteiger charge is 2.08. The summed E-state index contributed by atoms with van der Waals surface area (Å²) in [6.07, 6.45) is 1.68. The number of aryl methyl sites for hydroxylation is 1. The highest BCUT2D eigenvalue weighted by Crippen LogP contribution is 2.23. The van der Waals surface area contributed by atoms with E-state index in [1.54, 1.807) is 6.08 Å². The summed E-state index contributed by atoms with van der Waals surface area (Å²) in [4.78, 5) is 4.31. The second-order valence-corrected chi connectivity index (χ2v) is 3.02. The first-order valence-electron chi connectivity index (χ1n) is 4.46. The molecule has 0 bridgehead atoms. The van der Waals surface area contributed by atoms with Gasteiger partial charge in [-0.15, -0.1) is 0 Å². The van der Waals surface area contributed by atoms with Crippen LogP contribution in [0.5, 0.6) is 0 Å². The topological polar surface area (TPSA) is 26.0 Å². The van der Waals surface area contributed by atoms with E-state index in [4.69, 9.17) is 4.42 Å². The van der Waals surface area contributed by atoms with Gasteiger partial charge in [-0.2, -0.15) is 0 Å². The van der Waals surface area contributed by atoms with Crippen molar-refractivity contribution >= 4 is 6.08 Å². The molecule has 0 saturated carbocycles. The molecular formula is C12H11NO. The van der Waals surface area contributed by atoms with Gasteiger partial charge < -0.3 is 4.42 Å². The number of hydrogen-bond acceptors (Lipinski definition) is 2. The summed E-state index contributed by atoms with van der Waals surface area (Å²) in [6, 6.07) is 9.94. The maximum absolute atomic E-state index is 5.39. The standard InChI is InChI=1S/C12H11NO/c1-3-11-12(13-9(2)14-11)10-7-5-4-6-8-10/h3-8H,1H2,2H3. The Bertz CT molecular complexity index is 443. The zero-order valence-electron chi connectivity index (χ0n) is 8.03. The molecule has 1 aromatic heterocycles. The summed E-state index contributed by atoms with van der Waals surface area (Å²) in [6.45, 7) is 5.53. The predicted molar refractivity (Wildman–Crippen MR) is 56.8 cm³/mol. The van der Waals surface area contributed by atoms with E-state index in [0.717, 1.165) is 17.0 Å². The number of hydrogen-bond donors (Lipinski definition) is 0. The fourth-order valence-electron chi connectivity index (χ4n) is 1.38. The molecule has 0 saturated heterocycles. The van der Waals surface area contributed by atoms with Gasteiger partial charge >= 0.3 is 0 Å². The van der Waals surface area contributed by atoms with Crippen LogP contribution in [0, 0.1) is 6.92 Å². The second kappa shape index (κ2) is 3.50. The molecule has 2 heteroatoms. The first-order chi connectivity index (χ1) is 6.81. The molecule has 0 aliphatic carbocycles. The van der Waals surface area contributed by atoms with Crippen LogP contribution in [0.15, 0.2) is 41.3 Å². The van der Waals surface area contributed by atoms with Crippen molar-refractivity contribution in [3.63, 3.8) is 0 Å². The largest absolute Gasteiger partial charge is 0.441 e. The SMILES string of the molecule is C=Cc1oc(C)nc1-c1ccccc1. The van der Waals surface area contributed by atoms with E-state index < -0.39 is 0 Å². The molecule has 1 heterocycles. The van der Waals surface area contributed by atoms with E-state index in [2.05, 4.69) is 11.6 Å². The molecule has 0 spiro atoms. The van der Waals surface area contributed by atoms with Crippen molar-refractivity contribution in [3.05, 3.63) is 48.6 Å². The van der Waals surface area contributed by atoms with Crippen LogP contribution in [-0.4, -0.2) is 4.98 Å². The molecule has 2 aromatic rings. The van der Waals surface area contributed by atoms with Crippen molar-refractivity contribution in [1.29, 1.82) is 0 Å². The van der Waals surface area contributed by atoms with Crippen LogP contribution in [0.3, 0.4) is 0 Å². The van der Waals surface area contributed by atoms with E-state index in [9.17, 15) is 0 Å². The summed E-state index contributed by atoms with van der Waals surface area (Å²) < 4.78 is 5.39. The van der Waals surface area contributed by atoms with E-state index >= 15 is 0 Å². The molecule has 1 aromatic carbocycles. The number of benzene rings is 1. The summed E-state index contributed by atoms with van der Waals surface area (Å²) in [5.74, 6) is 1.40. The smallest absolute Gasteiger partial charge is 0.192 e. The Morgan fingerprint density at radius 2 is 2.00 bits per heavy atom. The quantitative estimate of drug-likeness (QED) is 0.717. The van der Waals surface area contributed by atoms with Crippen molar-refractivity contribution < 1.29 is 4.42 Å². The number of oxazole rings is 1. The minimum Gasteiger partial charge on any atom is -0.441 e. The molecule has 70 valence electrons. The summed E-state index contributed by atoms with van der Waals surface area (Å²) in [5, 5.41) is 0. The van der Waals surface area contributed by atoms with Crippen molar-refractivity contribution in [2.75, 3.05) is 0 Å². The third-order valence-electron chi connectivity index (χ3n) is 1.99. The van der Waals surface area contributed by atoms with Crippen LogP contribution in [0.1, 0.15) is 11.7 Å². The average Bonchev–Trinajstić information content (AvgIpc) is 2.61. The van der Waals surface area contributed by atoms with E-state index in [-0.39, 0.29) is 0 Å². The lowest BCUT2D eigenvalue weighted by Crippen LogP contribution is -1.79. The zero-order chi connectivity index (χ0) is 9.97. The van der Waals surface area contributed by atoms with Gasteiger partial charge in [0.25, 0.3) is 0 Å². The summed E-state index contributed by atoms with van der Waals surface area (Å²) in [5.41, 5.74) is 1.91. The molecule has 2 nitrogen and oxygen atoms in total. The van der Waals surface area contributed by atoms with Gasteiger partial charge in [0.05, 0.1) is 0 Å². The van der Waals surface area contributed by atoms with Crippen LogP contribution in [0.2, 0.25) is 0 Å². The van der Waals surface area contributed by atoms with Gasteiger partial charge in [0.2, 0.25) is 0 Å². The Balaban J connectivity index is 2.56. The fourth-order valence-corrected chi connectivity index (χ4v) is 1.38. The number of rotatable bonds is 2. The molecule has 0 N–H and O–H groups in total. The van der Waals surface area contributed by atoms with Crippen LogP contribution < -0.4 is 0 Å². The minimum absolute atomic E-state index is 0.666. The van der Waals surface area contributed by atoms with Gasteiger partial charge in [0.1, 0.15) is 5.69 Å². The van der Waals surface area contributed by atoms with E-state index in [0.29, 0.717) is 5.89 Å². The van der Waals surface area contributed by atoms with Gasteiger partial charge in [-0.1, -0.05) is 36.9 Å². The number of aromatic nitrogens is 1. The van der Waals surface area contributed by atoms with Crippen LogP contribution in [0.25, 0.3) is 17.3 Å². The highest BCUT2D eigenvalue weighted by molar-refractivity contribution is 5.68. The zero-order valence-corrected chi connectivity index (χ0v) is 8.03. The van der Waals surface area contributed by atoms with Gasteiger partial charge in [-0.3, -0.25) is 0 Å². The molecule has 0 atom stereocenters. The van der Waals surface area contributed by atoms with Crippen molar-refractivity contribution in [3.8, 4) is 11.3 Å². The lowest BCUT2D eigenvalue weighted by Gasteiger charge is -1.95. The number of nitrogens with zero attached hydrogens (tertiary/aromatic N) is 1. The molecule has 2 rings (SSSR count). The van der Waals surface area contributed by atoms with E-state index in [1.807, 2.05) is 37.3 Å². The average molecular weight is 185 g/mol. The Labute approximate surface area is 82.9 Å². The van der Waals surface area contributed by atoms with Gasteiger partial charge in [0, 0.05) is 12.5 Å². The van der Waals surface area contributed by atoms with Crippen LogP contribution in [-0.2, 0) is 0 Å². The molecule has 14 heavy (non-hydrogen) atoms. The van der Waals surface area contributed by atoms with Crippen molar-refractivity contribution in [2.24, 2.45) is 0 Å². The first kappa shape index (κ1) is 8.75. The summed E-state index contributed by atoms with van der Waals surface area (Å²) in [7, 11) is 0. The molecular weight excluding hydrogens is 174 g/mol. The van der Waals surface area contributed by atoms with Crippen molar-refractivity contribution in [2.45, 2.75) is 6.92 Å². The molecule has 0 aliphatic heterocycles. The lowest BCUT2D eigenvalue weighted by atomic mass is 10.1. The van der Waals surface area contributed by atoms with Crippen LogP contribution >= 0.6 is 0 Å². The predicted octanol–water partition coefficient (Wildman–Crippen LogP) is 3.29. The Kier molecular flexibility index (Phi) is 2.19. The minimum atomic E-state index is 0.666. The Hall–Kier alpha value is -1.83. The molecule has 0 aliphatic rings. The molecule has 0 fully saturated rings. The highest BCUT2D eigenvalue weighted by atomic mass is 16.4. The van der Waals surface area contributed by atoms with Gasteiger partial charge in [-0.05, 0) is 6.08 Å². The Morgan fingerprint density at radius 3 is 2.64 bits per heavy atom. The van der Waals surface area contributed by atoms with E-state index in [1.165, 1.54) is 0 Å².